The fourth-order valence-electron chi connectivity index (χ4n) is 2.30. The van der Waals surface area contributed by atoms with Crippen molar-refractivity contribution in [1.29, 1.82) is 0 Å². The molecule has 1 aliphatic rings. The number of phenols is 1. The van der Waals surface area contributed by atoms with Crippen LogP contribution in [-0.4, -0.2) is 42.4 Å². The lowest BCUT2D eigenvalue weighted by Gasteiger charge is -2.36. The number of nitrogens with zero attached hydrogens (tertiary/aromatic N) is 1. The third kappa shape index (κ3) is 4.79. The Hall–Kier alpha value is 0.0800. The van der Waals surface area contributed by atoms with Crippen molar-refractivity contribution in [3.05, 3.63) is 27.2 Å². The SMILES string of the molecule is Cl.Cl.Oc1c([C@H](N2CCNCC2)C(F)(F)F)ccc(Cl)c1Br. The van der Waals surface area contributed by atoms with Crippen molar-refractivity contribution in [2.75, 3.05) is 26.2 Å². The molecule has 2 rings (SSSR count). The van der Waals surface area contributed by atoms with Gasteiger partial charge in [0.05, 0.1) is 9.50 Å². The number of hydrogen-bond donors (Lipinski definition) is 2. The second-order valence-corrected chi connectivity index (χ2v) is 5.73. The molecule has 1 fully saturated rings. The van der Waals surface area contributed by atoms with Crippen LogP contribution in [-0.2, 0) is 0 Å². The van der Waals surface area contributed by atoms with Gasteiger partial charge in [-0.15, -0.1) is 24.8 Å². The summed E-state index contributed by atoms with van der Waals surface area (Å²) in [6, 6.07) is 0.739. The highest BCUT2D eigenvalue weighted by atomic mass is 79.9. The van der Waals surface area contributed by atoms with E-state index in [1.54, 1.807) is 0 Å². The van der Waals surface area contributed by atoms with Crippen LogP contribution in [0.3, 0.4) is 0 Å². The van der Waals surface area contributed by atoms with Gasteiger partial charge in [0.2, 0.25) is 0 Å². The summed E-state index contributed by atoms with van der Waals surface area (Å²) in [4.78, 5) is 1.31. The molecule has 2 N–H and O–H groups in total. The third-order valence-electron chi connectivity index (χ3n) is 3.22. The highest BCUT2D eigenvalue weighted by molar-refractivity contribution is 9.10. The highest BCUT2D eigenvalue weighted by Crippen LogP contribution is 2.45. The molecular formula is C12H15BrCl3F3N2O. The van der Waals surface area contributed by atoms with Crippen molar-refractivity contribution >= 4 is 52.3 Å². The molecule has 1 heterocycles. The lowest BCUT2D eigenvalue weighted by atomic mass is 10.0. The van der Waals surface area contributed by atoms with Gasteiger partial charge in [-0.2, -0.15) is 13.2 Å². The average molecular weight is 447 g/mol. The minimum absolute atomic E-state index is 0. The van der Waals surface area contributed by atoms with E-state index in [2.05, 4.69) is 21.2 Å². The molecule has 0 aromatic heterocycles. The fourth-order valence-corrected chi connectivity index (χ4v) is 2.81. The molecule has 1 aromatic rings. The molecular weight excluding hydrogens is 431 g/mol. The number of phenolic OH excluding ortho intramolecular Hbond substituents is 1. The second kappa shape index (κ2) is 8.80. The van der Waals surface area contributed by atoms with E-state index in [-0.39, 0.29) is 53.0 Å². The third-order valence-corrected chi connectivity index (χ3v) is 4.57. The zero-order chi connectivity index (χ0) is 14.9. The Labute approximate surface area is 152 Å². The average Bonchev–Trinajstić information content (AvgIpc) is 2.39. The molecule has 0 saturated carbocycles. The molecule has 22 heavy (non-hydrogen) atoms. The largest absolute Gasteiger partial charge is 0.506 e. The first-order valence-electron chi connectivity index (χ1n) is 6.00. The maximum atomic E-state index is 13.4. The molecule has 0 radical (unpaired) electrons. The Morgan fingerprint density at radius 2 is 1.77 bits per heavy atom. The summed E-state index contributed by atoms with van der Waals surface area (Å²) in [6.45, 7) is 1.51. The zero-order valence-corrected chi connectivity index (χ0v) is 15.1. The molecule has 1 aliphatic heterocycles. The van der Waals surface area contributed by atoms with E-state index in [1.807, 2.05) is 0 Å². The quantitative estimate of drug-likeness (QED) is 0.716. The number of aromatic hydroxyl groups is 1. The number of halogens is 7. The molecule has 1 saturated heterocycles. The van der Waals surface area contributed by atoms with Crippen LogP contribution in [0.4, 0.5) is 13.2 Å². The first-order chi connectivity index (χ1) is 9.32. The Morgan fingerprint density at radius 3 is 2.27 bits per heavy atom. The van der Waals surface area contributed by atoms with E-state index in [1.165, 1.54) is 17.0 Å². The van der Waals surface area contributed by atoms with E-state index in [4.69, 9.17) is 11.6 Å². The monoisotopic (exact) mass is 444 g/mol. The molecule has 0 spiro atoms. The maximum absolute atomic E-state index is 13.4. The van der Waals surface area contributed by atoms with Crippen LogP contribution < -0.4 is 5.32 Å². The van der Waals surface area contributed by atoms with E-state index >= 15 is 0 Å². The van der Waals surface area contributed by atoms with E-state index in [0.29, 0.717) is 13.1 Å². The van der Waals surface area contributed by atoms with Gasteiger partial charge in [0, 0.05) is 31.7 Å². The standard InChI is InChI=1S/C12H13BrClF3N2O.2ClH/c13-9-8(14)2-1-7(10(9)20)11(12(15,16)17)19-5-3-18-4-6-19;;/h1-2,11,18,20H,3-6H2;2*1H/t11-;;/m0../s1. The highest BCUT2D eigenvalue weighted by Gasteiger charge is 2.46. The smallest absolute Gasteiger partial charge is 0.408 e. The van der Waals surface area contributed by atoms with Crippen molar-refractivity contribution in [2.45, 2.75) is 12.2 Å². The van der Waals surface area contributed by atoms with Crippen molar-refractivity contribution in [2.24, 2.45) is 0 Å². The van der Waals surface area contributed by atoms with Gasteiger partial charge in [0.25, 0.3) is 0 Å². The molecule has 0 bridgehead atoms. The summed E-state index contributed by atoms with van der Waals surface area (Å²) in [5.41, 5.74) is -0.185. The lowest BCUT2D eigenvalue weighted by Crippen LogP contribution is -2.49. The molecule has 128 valence electrons. The van der Waals surface area contributed by atoms with E-state index < -0.39 is 18.0 Å². The number of benzene rings is 1. The number of nitrogens with one attached hydrogen (secondary N) is 1. The molecule has 0 aliphatic carbocycles. The molecule has 0 amide bonds. The van der Waals surface area contributed by atoms with Crippen LogP contribution in [0.5, 0.6) is 5.75 Å². The van der Waals surface area contributed by atoms with Gasteiger partial charge in [0.15, 0.2) is 0 Å². The minimum Gasteiger partial charge on any atom is -0.506 e. The lowest BCUT2D eigenvalue weighted by molar-refractivity contribution is -0.188. The zero-order valence-electron chi connectivity index (χ0n) is 11.2. The van der Waals surface area contributed by atoms with Crippen molar-refractivity contribution in [3.63, 3.8) is 0 Å². The number of alkyl halides is 3. The van der Waals surface area contributed by atoms with Crippen LogP contribution >= 0.6 is 52.3 Å². The predicted molar refractivity (Wildman–Crippen MR) is 88.6 cm³/mol. The molecule has 3 nitrogen and oxygen atoms in total. The van der Waals surface area contributed by atoms with E-state index in [0.717, 1.165) is 0 Å². The van der Waals surface area contributed by atoms with Gasteiger partial charge in [-0.3, -0.25) is 4.90 Å². The maximum Gasteiger partial charge on any atom is 0.408 e. The summed E-state index contributed by atoms with van der Waals surface area (Å²) < 4.78 is 40.2. The molecule has 0 unspecified atom stereocenters. The van der Waals surface area contributed by atoms with Gasteiger partial charge in [-0.05, 0) is 22.0 Å². The van der Waals surface area contributed by atoms with Crippen molar-refractivity contribution in [3.8, 4) is 5.75 Å². The van der Waals surface area contributed by atoms with Crippen LogP contribution in [0.15, 0.2) is 16.6 Å². The fraction of sp³-hybridized carbons (Fsp3) is 0.500. The van der Waals surface area contributed by atoms with Gasteiger partial charge < -0.3 is 10.4 Å². The summed E-state index contributed by atoms with van der Waals surface area (Å²) in [6.07, 6.45) is -4.47. The molecule has 1 atom stereocenters. The second-order valence-electron chi connectivity index (χ2n) is 4.53. The van der Waals surface area contributed by atoms with Crippen LogP contribution in [0, 0.1) is 0 Å². The summed E-state index contributed by atoms with van der Waals surface area (Å²) in [5, 5.41) is 13.1. The van der Waals surface area contributed by atoms with Gasteiger partial charge in [0.1, 0.15) is 11.8 Å². The van der Waals surface area contributed by atoms with Gasteiger partial charge >= 0.3 is 6.18 Å². The number of piperazine rings is 1. The Kier molecular flexibility index (Phi) is 8.83. The Balaban J connectivity index is 0.00000220. The normalized spacial score (nSPS) is 17.3. The van der Waals surface area contributed by atoms with E-state index in [9.17, 15) is 18.3 Å². The van der Waals surface area contributed by atoms with Crippen LogP contribution in [0.1, 0.15) is 11.6 Å². The number of rotatable bonds is 2. The first kappa shape index (κ1) is 22.1. The summed E-state index contributed by atoms with van der Waals surface area (Å²) in [5.74, 6) is -0.460. The minimum atomic E-state index is -4.47. The predicted octanol–water partition coefficient (Wildman–Crippen LogP) is 4.16. The topological polar surface area (TPSA) is 35.5 Å². The summed E-state index contributed by atoms with van der Waals surface area (Å²) in [7, 11) is 0. The Morgan fingerprint density at radius 1 is 1.23 bits per heavy atom. The van der Waals surface area contributed by atoms with Gasteiger partial charge in [-0.25, -0.2) is 0 Å². The summed E-state index contributed by atoms with van der Waals surface area (Å²) >= 11 is 8.79. The van der Waals surface area contributed by atoms with Crippen molar-refractivity contribution in [1.82, 2.24) is 10.2 Å². The van der Waals surface area contributed by atoms with Gasteiger partial charge in [-0.1, -0.05) is 17.7 Å². The van der Waals surface area contributed by atoms with Crippen LogP contribution in [0.25, 0.3) is 0 Å². The molecule has 1 aromatic carbocycles. The molecule has 10 heteroatoms. The van der Waals surface area contributed by atoms with Crippen LogP contribution in [0.2, 0.25) is 5.02 Å². The van der Waals surface area contributed by atoms with Crippen molar-refractivity contribution < 1.29 is 18.3 Å². The number of hydrogen-bond acceptors (Lipinski definition) is 3. The first-order valence-corrected chi connectivity index (χ1v) is 7.18. The Bertz CT molecular complexity index is 499.